The first-order valence-electron chi connectivity index (χ1n) is 13.3. The molecule has 0 saturated carbocycles. The summed E-state index contributed by atoms with van der Waals surface area (Å²) in [6.07, 6.45) is 0.127. The van der Waals surface area contributed by atoms with Gasteiger partial charge >= 0.3 is 0 Å². The Morgan fingerprint density at radius 2 is 1.56 bits per heavy atom. The molecule has 43 heavy (non-hydrogen) atoms. The first-order chi connectivity index (χ1) is 20.5. The van der Waals surface area contributed by atoms with E-state index in [1.54, 1.807) is 31.2 Å². The fourth-order valence-electron chi connectivity index (χ4n) is 4.56. The van der Waals surface area contributed by atoms with Crippen LogP contribution in [0.4, 0.5) is 10.1 Å². The number of amides is 2. The summed E-state index contributed by atoms with van der Waals surface area (Å²) in [6.45, 7) is 0.875. The van der Waals surface area contributed by atoms with Gasteiger partial charge in [-0.15, -0.1) is 0 Å². The number of likely N-dealkylation sites (N-methyl/N-ethyl adjacent to an activating group) is 1. The van der Waals surface area contributed by atoms with Crippen LogP contribution in [0, 0.1) is 12.7 Å². The molecule has 4 aromatic carbocycles. The third-order valence-corrected chi connectivity index (χ3v) is 9.24. The molecule has 0 aliphatic heterocycles. The highest BCUT2D eigenvalue weighted by Crippen LogP contribution is 2.28. The number of nitrogens with zero attached hydrogens (tertiary/aromatic N) is 2. The van der Waals surface area contributed by atoms with Crippen molar-refractivity contribution in [3.63, 3.8) is 0 Å². The highest BCUT2D eigenvalue weighted by atomic mass is 35.5. The van der Waals surface area contributed by atoms with Crippen LogP contribution >= 0.6 is 23.2 Å². The third kappa shape index (κ3) is 7.73. The second-order valence-electron chi connectivity index (χ2n) is 9.85. The Morgan fingerprint density at radius 1 is 0.907 bits per heavy atom. The lowest BCUT2D eigenvalue weighted by Crippen LogP contribution is -2.53. The first-order valence-corrected chi connectivity index (χ1v) is 15.5. The van der Waals surface area contributed by atoms with Gasteiger partial charge in [0.15, 0.2) is 0 Å². The average Bonchev–Trinajstić information content (AvgIpc) is 2.99. The summed E-state index contributed by atoms with van der Waals surface area (Å²) in [5.74, 6) is -2.04. The molecular weight excluding hydrogens is 612 g/mol. The third-order valence-electron chi connectivity index (χ3n) is 6.88. The summed E-state index contributed by atoms with van der Waals surface area (Å²) in [6, 6.07) is 24.1. The van der Waals surface area contributed by atoms with E-state index in [9.17, 15) is 18.0 Å². The molecular formula is C32H30Cl2FN3O4S. The van der Waals surface area contributed by atoms with Gasteiger partial charge in [0.05, 0.1) is 10.6 Å². The van der Waals surface area contributed by atoms with Crippen LogP contribution in [0.25, 0.3) is 0 Å². The Labute approximate surface area is 260 Å². The van der Waals surface area contributed by atoms with Gasteiger partial charge in [-0.05, 0) is 54.4 Å². The Kier molecular flexibility index (Phi) is 10.4. The minimum atomic E-state index is -4.42. The van der Waals surface area contributed by atoms with Crippen LogP contribution in [0.15, 0.2) is 102 Å². The van der Waals surface area contributed by atoms with Gasteiger partial charge in [0.1, 0.15) is 18.4 Å². The largest absolute Gasteiger partial charge is 0.357 e. The molecule has 4 rings (SSSR count). The standard InChI is InChI=1S/C32H30Cl2FN3O4S/c1-22-12-16-26(17-13-22)43(41,42)38(29-11-7-6-10-28(29)35)21-31(39)37(20-24-14-15-25(33)19-27(24)34)30(32(40)36-2)18-23-8-4-3-5-9-23/h3-17,19,30H,18,20-21H2,1-2H3,(H,36,40)/t30-/m0/s1. The lowest BCUT2D eigenvalue weighted by Gasteiger charge is -2.33. The van der Waals surface area contributed by atoms with E-state index in [4.69, 9.17) is 23.2 Å². The maximum absolute atomic E-state index is 15.1. The zero-order chi connectivity index (χ0) is 31.1. The number of aryl methyl sites for hydroxylation is 1. The molecule has 11 heteroatoms. The van der Waals surface area contributed by atoms with Crippen molar-refractivity contribution < 1.29 is 22.4 Å². The molecule has 1 N–H and O–H groups in total. The van der Waals surface area contributed by atoms with E-state index < -0.39 is 40.2 Å². The SMILES string of the molecule is CNC(=O)[C@H](Cc1ccccc1)N(Cc1ccc(Cl)cc1Cl)C(=O)CN(c1ccccc1F)S(=O)(=O)c1ccc(C)cc1. The summed E-state index contributed by atoms with van der Waals surface area (Å²) < 4.78 is 43.7. The molecule has 7 nitrogen and oxygen atoms in total. The number of hydrogen-bond donors (Lipinski definition) is 1. The van der Waals surface area contributed by atoms with Crippen molar-refractivity contribution in [2.45, 2.75) is 30.8 Å². The van der Waals surface area contributed by atoms with Crippen LogP contribution in [0.1, 0.15) is 16.7 Å². The zero-order valence-corrected chi connectivity index (χ0v) is 25.8. The summed E-state index contributed by atoms with van der Waals surface area (Å²) in [4.78, 5) is 28.7. The van der Waals surface area contributed by atoms with E-state index in [2.05, 4.69) is 5.32 Å². The van der Waals surface area contributed by atoms with Crippen molar-refractivity contribution in [1.29, 1.82) is 0 Å². The number of para-hydroxylation sites is 1. The molecule has 1 atom stereocenters. The maximum atomic E-state index is 15.1. The van der Waals surface area contributed by atoms with E-state index >= 15 is 4.39 Å². The molecule has 0 unspecified atom stereocenters. The average molecular weight is 643 g/mol. The zero-order valence-electron chi connectivity index (χ0n) is 23.5. The fraction of sp³-hybridized carbons (Fsp3) is 0.188. The Balaban J connectivity index is 1.81. The van der Waals surface area contributed by atoms with Crippen molar-refractivity contribution in [3.8, 4) is 0 Å². The second kappa shape index (κ2) is 14.0. The molecule has 0 spiro atoms. The lowest BCUT2D eigenvalue weighted by atomic mass is 10.0. The number of hydrogen-bond acceptors (Lipinski definition) is 4. The monoisotopic (exact) mass is 641 g/mol. The van der Waals surface area contributed by atoms with Gasteiger partial charge in [-0.3, -0.25) is 13.9 Å². The Hall–Kier alpha value is -3.92. The summed E-state index contributed by atoms with van der Waals surface area (Å²) in [7, 11) is -2.97. The lowest BCUT2D eigenvalue weighted by molar-refractivity contribution is -0.139. The number of sulfonamides is 1. The quantitative estimate of drug-likeness (QED) is 0.217. The molecule has 0 aliphatic carbocycles. The van der Waals surface area contributed by atoms with Crippen LogP contribution < -0.4 is 9.62 Å². The molecule has 0 saturated heterocycles. The highest BCUT2D eigenvalue weighted by molar-refractivity contribution is 7.92. The number of carbonyl (C=O) groups excluding carboxylic acids is 2. The number of nitrogens with one attached hydrogen (secondary N) is 1. The molecule has 0 heterocycles. The first kappa shape index (κ1) is 32.0. The van der Waals surface area contributed by atoms with Crippen LogP contribution in [-0.2, 0) is 32.6 Å². The Bertz CT molecular complexity index is 1700. The number of halogens is 3. The fourth-order valence-corrected chi connectivity index (χ4v) is 6.45. The van der Waals surface area contributed by atoms with Crippen LogP contribution in [-0.4, -0.2) is 44.8 Å². The molecule has 0 aromatic heterocycles. The molecule has 4 aromatic rings. The van der Waals surface area contributed by atoms with E-state index in [-0.39, 0.29) is 28.6 Å². The van der Waals surface area contributed by atoms with Gasteiger partial charge in [-0.2, -0.15) is 0 Å². The summed E-state index contributed by atoms with van der Waals surface area (Å²) in [5, 5.41) is 3.25. The van der Waals surface area contributed by atoms with Crippen molar-refractivity contribution in [3.05, 3.63) is 130 Å². The summed E-state index contributed by atoms with van der Waals surface area (Å²) >= 11 is 12.6. The van der Waals surface area contributed by atoms with E-state index in [0.29, 0.717) is 10.6 Å². The van der Waals surface area contributed by atoms with Crippen molar-refractivity contribution in [2.75, 3.05) is 17.9 Å². The number of carbonyl (C=O) groups is 2. The van der Waals surface area contributed by atoms with Gasteiger partial charge in [-0.1, -0.05) is 89.4 Å². The minimum Gasteiger partial charge on any atom is -0.357 e. The van der Waals surface area contributed by atoms with E-state index in [1.165, 1.54) is 48.3 Å². The van der Waals surface area contributed by atoms with Gasteiger partial charge in [-0.25, -0.2) is 12.8 Å². The van der Waals surface area contributed by atoms with E-state index in [0.717, 1.165) is 21.5 Å². The van der Waals surface area contributed by atoms with Crippen LogP contribution in [0.5, 0.6) is 0 Å². The smallest absolute Gasteiger partial charge is 0.264 e. The molecule has 0 radical (unpaired) electrons. The molecule has 0 fully saturated rings. The molecule has 0 bridgehead atoms. The number of anilines is 1. The van der Waals surface area contributed by atoms with Crippen molar-refractivity contribution >= 4 is 50.7 Å². The predicted octanol–water partition coefficient (Wildman–Crippen LogP) is 6.02. The topological polar surface area (TPSA) is 86.8 Å². The predicted molar refractivity (Wildman–Crippen MR) is 167 cm³/mol. The van der Waals surface area contributed by atoms with Crippen LogP contribution in [0.2, 0.25) is 10.0 Å². The maximum Gasteiger partial charge on any atom is 0.264 e. The molecule has 2 amide bonds. The Morgan fingerprint density at radius 3 is 2.19 bits per heavy atom. The second-order valence-corrected chi connectivity index (χ2v) is 12.6. The van der Waals surface area contributed by atoms with Gasteiger partial charge in [0.25, 0.3) is 10.0 Å². The summed E-state index contributed by atoms with van der Waals surface area (Å²) in [5.41, 5.74) is 1.78. The van der Waals surface area contributed by atoms with Crippen molar-refractivity contribution in [2.24, 2.45) is 0 Å². The normalized spacial score (nSPS) is 11.9. The van der Waals surface area contributed by atoms with Crippen molar-refractivity contribution in [1.82, 2.24) is 10.2 Å². The van der Waals surface area contributed by atoms with Gasteiger partial charge < -0.3 is 10.2 Å². The molecule has 224 valence electrons. The number of benzene rings is 4. The number of rotatable bonds is 11. The van der Waals surface area contributed by atoms with E-state index in [1.807, 2.05) is 30.3 Å². The minimum absolute atomic E-state index is 0.117. The van der Waals surface area contributed by atoms with Gasteiger partial charge in [0.2, 0.25) is 11.8 Å². The van der Waals surface area contributed by atoms with Gasteiger partial charge in [0, 0.05) is 30.1 Å². The highest BCUT2D eigenvalue weighted by Gasteiger charge is 2.35. The molecule has 0 aliphatic rings. The van der Waals surface area contributed by atoms with Crippen LogP contribution in [0.3, 0.4) is 0 Å².